The zero-order valence-electron chi connectivity index (χ0n) is 10.8. The summed E-state index contributed by atoms with van der Waals surface area (Å²) in [5.74, 6) is -0.410. The van der Waals surface area contributed by atoms with E-state index in [1.54, 1.807) is 7.05 Å². The van der Waals surface area contributed by atoms with Gasteiger partial charge in [0.2, 0.25) is 11.8 Å². The SMILES string of the molecule is C=CC(=O)N(C)CC(=O)NCC1CC2(CC2)CO1. The van der Waals surface area contributed by atoms with Crippen LogP contribution in [0.15, 0.2) is 12.7 Å². The van der Waals surface area contributed by atoms with Gasteiger partial charge in [0.25, 0.3) is 0 Å². The normalized spacial score (nSPS) is 23.7. The van der Waals surface area contributed by atoms with Gasteiger partial charge in [-0.15, -0.1) is 0 Å². The molecule has 1 heterocycles. The Hall–Kier alpha value is -1.36. The number of hydrogen-bond donors (Lipinski definition) is 1. The summed E-state index contributed by atoms with van der Waals surface area (Å²) in [5, 5.41) is 2.81. The molecule has 0 aromatic rings. The van der Waals surface area contributed by atoms with E-state index < -0.39 is 0 Å². The molecule has 0 bridgehead atoms. The fourth-order valence-electron chi connectivity index (χ4n) is 2.28. The van der Waals surface area contributed by atoms with Crippen molar-refractivity contribution >= 4 is 11.8 Å². The quantitative estimate of drug-likeness (QED) is 0.717. The second-order valence-corrected chi connectivity index (χ2v) is 5.34. The molecule has 1 unspecified atom stereocenters. The summed E-state index contributed by atoms with van der Waals surface area (Å²) in [5.41, 5.74) is 0.436. The molecule has 1 N–H and O–H groups in total. The molecule has 1 saturated heterocycles. The Balaban J connectivity index is 1.65. The van der Waals surface area contributed by atoms with E-state index in [1.807, 2.05) is 0 Å². The number of carbonyl (C=O) groups excluding carboxylic acids is 2. The summed E-state index contributed by atoms with van der Waals surface area (Å²) in [4.78, 5) is 24.2. The zero-order chi connectivity index (χ0) is 13.2. The maximum Gasteiger partial charge on any atom is 0.246 e. The molecule has 1 saturated carbocycles. The standard InChI is InChI=1S/C13H20N2O3/c1-3-12(17)15(2)8-11(16)14-7-10-6-13(4-5-13)9-18-10/h3,10H,1,4-9H2,2H3,(H,14,16). The van der Waals surface area contributed by atoms with Crippen LogP contribution >= 0.6 is 0 Å². The number of rotatable bonds is 5. The van der Waals surface area contributed by atoms with Crippen molar-refractivity contribution in [3.8, 4) is 0 Å². The highest BCUT2D eigenvalue weighted by Gasteiger charge is 2.49. The van der Waals surface area contributed by atoms with Gasteiger partial charge in [0.15, 0.2) is 0 Å². The van der Waals surface area contributed by atoms with Crippen molar-refractivity contribution in [1.29, 1.82) is 0 Å². The molecule has 0 aromatic heterocycles. The van der Waals surface area contributed by atoms with E-state index in [2.05, 4.69) is 11.9 Å². The molecule has 5 nitrogen and oxygen atoms in total. The Morgan fingerprint density at radius 2 is 2.28 bits per heavy atom. The largest absolute Gasteiger partial charge is 0.376 e. The van der Waals surface area contributed by atoms with E-state index in [1.165, 1.54) is 23.8 Å². The summed E-state index contributed by atoms with van der Waals surface area (Å²) >= 11 is 0. The number of nitrogens with one attached hydrogen (secondary N) is 1. The van der Waals surface area contributed by atoms with E-state index in [4.69, 9.17) is 4.74 Å². The predicted molar refractivity (Wildman–Crippen MR) is 66.9 cm³/mol. The van der Waals surface area contributed by atoms with Crippen LogP contribution in [0.5, 0.6) is 0 Å². The molecule has 0 radical (unpaired) electrons. The number of amides is 2. The lowest BCUT2D eigenvalue weighted by atomic mass is 10.0. The second-order valence-electron chi connectivity index (χ2n) is 5.34. The van der Waals surface area contributed by atoms with E-state index in [9.17, 15) is 9.59 Å². The number of nitrogens with zero attached hydrogens (tertiary/aromatic N) is 1. The van der Waals surface area contributed by atoms with Crippen molar-refractivity contribution < 1.29 is 14.3 Å². The lowest BCUT2D eigenvalue weighted by molar-refractivity contribution is -0.131. The van der Waals surface area contributed by atoms with Crippen molar-refractivity contribution in [2.45, 2.75) is 25.4 Å². The predicted octanol–water partition coefficient (Wildman–Crippen LogP) is 0.316. The van der Waals surface area contributed by atoms with Crippen LogP contribution in [-0.4, -0.2) is 49.6 Å². The van der Waals surface area contributed by atoms with Gasteiger partial charge in [0.05, 0.1) is 19.3 Å². The average molecular weight is 252 g/mol. The van der Waals surface area contributed by atoms with Gasteiger partial charge in [0.1, 0.15) is 0 Å². The molecule has 100 valence electrons. The molecule has 2 amide bonds. The lowest BCUT2D eigenvalue weighted by Gasteiger charge is -2.16. The van der Waals surface area contributed by atoms with Gasteiger partial charge < -0.3 is 15.0 Å². The maximum absolute atomic E-state index is 11.6. The number of hydrogen-bond acceptors (Lipinski definition) is 3. The van der Waals surface area contributed by atoms with Crippen LogP contribution < -0.4 is 5.32 Å². The molecule has 1 atom stereocenters. The van der Waals surface area contributed by atoms with Gasteiger partial charge in [-0.3, -0.25) is 9.59 Å². The highest BCUT2D eigenvalue weighted by Crippen LogP contribution is 2.53. The Bertz CT molecular complexity index is 363. The molecule has 1 spiro atoms. The zero-order valence-corrected chi connectivity index (χ0v) is 10.8. The molecule has 2 fully saturated rings. The van der Waals surface area contributed by atoms with Crippen molar-refractivity contribution in [3.05, 3.63) is 12.7 Å². The topological polar surface area (TPSA) is 58.6 Å². The van der Waals surface area contributed by atoms with Crippen molar-refractivity contribution in [2.24, 2.45) is 5.41 Å². The number of likely N-dealkylation sites (N-methyl/N-ethyl adjacent to an activating group) is 1. The van der Waals surface area contributed by atoms with Crippen LogP contribution in [0.25, 0.3) is 0 Å². The highest BCUT2D eigenvalue weighted by molar-refractivity contribution is 5.90. The third-order valence-electron chi connectivity index (χ3n) is 3.70. The van der Waals surface area contributed by atoms with E-state index in [0.29, 0.717) is 12.0 Å². The Morgan fingerprint density at radius 1 is 1.56 bits per heavy atom. The molecule has 1 aliphatic heterocycles. The smallest absolute Gasteiger partial charge is 0.246 e. The van der Waals surface area contributed by atoms with Gasteiger partial charge in [-0.2, -0.15) is 0 Å². The molecular weight excluding hydrogens is 232 g/mol. The summed E-state index contributed by atoms with van der Waals surface area (Å²) in [7, 11) is 1.58. The molecule has 2 rings (SSSR count). The summed E-state index contributed by atoms with van der Waals surface area (Å²) in [6.07, 6.45) is 4.90. The minimum Gasteiger partial charge on any atom is -0.376 e. The summed E-state index contributed by atoms with van der Waals surface area (Å²) in [6, 6.07) is 0. The van der Waals surface area contributed by atoms with Gasteiger partial charge in [-0.25, -0.2) is 0 Å². The Morgan fingerprint density at radius 3 is 2.83 bits per heavy atom. The average Bonchev–Trinajstić information content (AvgIpc) is 2.97. The fourth-order valence-corrected chi connectivity index (χ4v) is 2.28. The first-order valence-electron chi connectivity index (χ1n) is 6.30. The van der Waals surface area contributed by atoms with Crippen LogP contribution in [0.2, 0.25) is 0 Å². The molecule has 1 aliphatic carbocycles. The molecule has 5 heteroatoms. The monoisotopic (exact) mass is 252 g/mol. The summed E-state index contributed by atoms with van der Waals surface area (Å²) < 4.78 is 5.64. The van der Waals surface area contributed by atoms with Crippen molar-refractivity contribution in [2.75, 3.05) is 26.7 Å². The maximum atomic E-state index is 11.6. The van der Waals surface area contributed by atoms with Crippen LogP contribution in [0.1, 0.15) is 19.3 Å². The molecule has 18 heavy (non-hydrogen) atoms. The van der Waals surface area contributed by atoms with Crippen LogP contribution in [0.4, 0.5) is 0 Å². The van der Waals surface area contributed by atoms with Crippen LogP contribution in [0.3, 0.4) is 0 Å². The van der Waals surface area contributed by atoms with E-state index in [-0.39, 0.29) is 24.5 Å². The number of ether oxygens (including phenoxy) is 1. The first-order chi connectivity index (χ1) is 8.54. The first-order valence-corrected chi connectivity index (χ1v) is 6.30. The van der Waals surface area contributed by atoms with Gasteiger partial charge >= 0.3 is 0 Å². The van der Waals surface area contributed by atoms with Crippen LogP contribution in [0, 0.1) is 5.41 Å². The van der Waals surface area contributed by atoms with Crippen LogP contribution in [-0.2, 0) is 14.3 Å². The molecule has 2 aliphatic rings. The summed E-state index contributed by atoms with van der Waals surface area (Å²) in [6.45, 7) is 4.81. The van der Waals surface area contributed by atoms with E-state index >= 15 is 0 Å². The van der Waals surface area contributed by atoms with Gasteiger partial charge in [-0.1, -0.05) is 6.58 Å². The van der Waals surface area contributed by atoms with Gasteiger partial charge in [-0.05, 0) is 30.8 Å². The molecular formula is C13H20N2O3. The Labute approximate surface area is 107 Å². The third-order valence-corrected chi connectivity index (χ3v) is 3.70. The minimum atomic E-state index is -0.251. The minimum absolute atomic E-state index is 0.0583. The fraction of sp³-hybridized carbons (Fsp3) is 0.692. The van der Waals surface area contributed by atoms with Crippen molar-refractivity contribution in [3.63, 3.8) is 0 Å². The van der Waals surface area contributed by atoms with E-state index in [0.717, 1.165) is 13.0 Å². The third kappa shape index (κ3) is 3.10. The highest BCUT2D eigenvalue weighted by atomic mass is 16.5. The van der Waals surface area contributed by atoms with Gasteiger partial charge in [0, 0.05) is 13.6 Å². The molecule has 0 aromatic carbocycles. The lowest BCUT2D eigenvalue weighted by Crippen LogP contribution is -2.40. The first kappa shape index (κ1) is 13.1. The number of carbonyl (C=O) groups is 2. The van der Waals surface area contributed by atoms with Crippen molar-refractivity contribution in [1.82, 2.24) is 10.2 Å². The Kier molecular flexibility index (Phi) is 3.71. The second kappa shape index (κ2) is 5.10.